The van der Waals surface area contributed by atoms with Crippen LogP contribution in [-0.2, 0) is 0 Å². The van der Waals surface area contributed by atoms with E-state index in [1.807, 2.05) is 18.2 Å². The normalized spacial score (nSPS) is 20.7. The highest BCUT2D eigenvalue weighted by Gasteiger charge is 2.18. The Hall–Kier alpha value is -1.57. The molecule has 1 heterocycles. The van der Waals surface area contributed by atoms with E-state index in [0.717, 1.165) is 19.5 Å². The molecule has 0 aromatic heterocycles. The number of benzene rings is 1. The van der Waals surface area contributed by atoms with Crippen molar-refractivity contribution in [2.24, 2.45) is 0 Å². The van der Waals surface area contributed by atoms with E-state index in [9.17, 15) is 0 Å². The molecule has 1 aromatic carbocycles. The molecule has 1 aromatic rings. The zero-order chi connectivity index (χ0) is 15.1. The van der Waals surface area contributed by atoms with Crippen LogP contribution in [0.1, 0.15) is 25.3 Å². The van der Waals surface area contributed by atoms with E-state index in [-0.39, 0.29) is 0 Å². The Morgan fingerprint density at radius 3 is 2.95 bits per heavy atom. The van der Waals surface area contributed by atoms with Gasteiger partial charge < -0.3 is 9.64 Å². The van der Waals surface area contributed by atoms with Crippen LogP contribution in [0.4, 0.5) is 0 Å². The van der Waals surface area contributed by atoms with Crippen LogP contribution in [0, 0.1) is 11.3 Å². The summed E-state index contributed by atoms with van der Waals surface area (Å²) in [6, 6.07) is 10.2. The van der Waals surface area contributed by atoms with E-state index in [4.69, 9.17) is 10.00 Å². The van der Waals surface area contributed by atoms with E-state index in [1.165, 1.54) is 19.5 Å². The van der Waals surface area contributed by atoms with Crippen LogP contribution >= 0.6 is 0 Å². The van der Waals surface area contributed by atoms with Crippen molar-refractivity contribution in [3.05, 3.63) is 29.8 Å². The van der Waals surface area contributed by atoms with Gasteiger partial charge in [-0.15, -0.1) is 0 Å². The topological polar surface area (TPSA) is 39.5 Å². The number of ether oxygens (including phenoxy) is 1. The molecule has 1 saturated heterocycles. The molecule has 1 aliphatic rings. The summed E-state index contributed by atoms with van der Waals surface area (Å²) in [6.45, 7) is 7.51. The summed E-state index contributed by atoms with van der Waals surface area (Å²) in [6.07, 6.45) is 2.23. The van der Waals surface area contributed by atoms with Crippen LogP contribution in [0.25, 0.3) is 0 Å². The van der Waals surface area contributed by atoms with E-state index < -0.39 is 0 Å². The molecule has 1 fully saturated rings. The lowest BCUT2D eigenvalue weighted by molar-refractivity contribution is 0.185. The molecule has 1 unspecified atom stereocenters. The Labute approximate surface area is 127 Å². The highest BCUT2D eigenvalue weighted by Crippen LogP contribution is 2.17. The van der Waals surface area contributed by atoms with Crippen molar-refractivity contribution < 1.29 is 4.74 Å². The van der Waals surface area contributed by atoms with E-state index in [0.29, 0.717) is 24.0 Å². The molecule has 2 rings (SSSR count). The average Bonchev–Trinajstić information content (AvgIpc) is 2.64. The number of nitrogens with zero attached hydrogens (tertiary/aromatic N) is 3. The zero-order valence-corrected chi connectivity index (χ0v) is 13.1. The number of para-hydroxylation sites is 1. The minimum Gasteiger partial charge on any atom is -0.492 e. The minimum absolute atomic E-state index is 0.601. The molecule has 4 nitrogen and oxygen atoms in total. The molecule has 4 heteroatoms. The second kappa shape index (κ2) is 8.02. The first-order valence-corrected chi connectivity index (χ1v) is 7.75. The Bertz CT molecular complexity index is 483. The highest BCUT2D eigenvalue weighted by atomic mass is 16.5. The van der Waals surface area contributed by atoms with Crippen molar-refractivity contribution in [1.82, 2.24) is 9.80 Å². The average molecular weight is 287 g/mol. The van der Waals surface area contributed by atoms with Crippen molar-refractivity contribution in [3.63, 3.8) is 0 Å². The van der Waals surface area contributed by atoms with E-state index >= 15 is 0 Å². The molecule has 0 spiro atoms. The molecule has 1 aliphatic heterocycles. The van der Waals surface area contributed by atoms with Crippen molar-refractivity contribution in [1.29, 1.82) is 5.26 Å². The number of rotatable bonds is 5. The van der Waals surface area contributed by atoms with Crippen molar-refractivity contribution in [2.45, 2.75) is 25.8 Å². The third-order valence-electron chi connectivity index (χ3n) is 4.04. The maximum Gasteiger partial charge on any atom is 0.137 e. The Kier molecular flexibility index (Phi) is 6.04. The summed E-state index contributed by atoms with van der Waals surface area (Å²) >= 11 is 0. The predicted octanol–water partition coefficient (Wildman–Crippen LogP) is 2.35. The van der Waals surface area contributed by atoms with Crippen LogP contribution in [0.5, 0.6) is 5.75 Å². The molecule has 21 heavy (non-hydrogen) atoms. The smallest absolute Gasteiger partial charge is 0.137 e. The summed E-state index contributed by atoms with van der Waals surface area (Å²) in [5, 5.41) is 9.03. The van der Waals surface area contributed by atoms with Crippen LogP contribution in [0.2, 0.25) is 0 Å². The molecule has 0 bridgehead atoms. The second-order valence-corrected chi connectivity index (χ2v) is 5.81. The van der Waals surface area contributed by atoms with Gasteiger partial charge in [0.15, 0.2) is 0 Å². The van der Waals surface area contributed by atoms with Gasteiger partial charge in [0.2, 0.25) is 0 Å². The Morgan fingerprint density at radius 1 is 1.33 bits per heavy atom. The monoisotopic (exact) mass is 287 g/mol. The lowest BCUT2D eigenvalue weighted by atomic mass is 10.2. The summed E-state index contributed by atoms with van der Waals surface area (Å²) < 4.78 is 5.75. The van der Waals surface area contributed by atoms with Crippen LogP contribution in [-0.4, -0.2) is 55.7 Å². The molecule has 0 saturated carbocycles. The van der Waals surface area contributed by atoms with Gasteiger partial charge in [-0.2, -0.15) is 5.26 Å². The van der Waals surface area contributed by atoms with Crippen LogP contribution in [0.3, 0.4) is 0 Å². The molecular formula is C17H25N3O. The SMILES string of the molecule is CC1CN(C)CCCN1CCCOc1ccccc1C#N. The molecule has 0 radical (unpaired) electrons. The number of likely N-dealkylation sites (N-methyl/N-ethyl adjacent to an activating group) is 1. The molecule has 114 valence electrons. The molecule has 0 aliphatic carbocycles. The number of nitriles is 1. The quantitative estimate of drug-likeness (QED) is 0.779. The van der Waals surface area contributed by atoms with Gasteiger partial charge in [0.05, 0.1) is 12.2 Å². The van der Waals surface area contributed by atoms with Gasteiger partial charge in [0, 0.05) is 19.1 Å². The Balaban J connectivity index is 1.75. The highest BCUT2D eigenvalue weighted by molar-refractivity contribution is 5.42. The van der Waals surface area contributed by atoms with E-state index in [1.54, 1.807) is 6.07 Å². The van der Waals surface area contributed by atoms with Crippen molar-refractivity contribution >= 4 is 0 Å². The lowest BCUT2D eigenvalue weighted by Gasteiger charge is -2.27. The fraction of sp³-hybridized carbons (Fsp3) is 0.588. The van der Waals surface area contributed by atoms with Gasteiger partial charge in [0.25, 0.3) is 0 Å². The van der Waals surface area contributed by atoms with E-state index in [2.05, 4.69) is 29.8 Å². The maximum absolute atomic E-state index is 9.03. The van der Waals surface area contributed by atoms with Gasteiger partial charge in [-0.05, 0) is 52.0 Å². The first-order chi connectivity index (χ1) is 10.2. The standard InChI is InChI=1S/C17H25N3O/c1-15-14-19(2)9-5-10-20(15)11-6-12-21-17-8-4-3-7-16(17)13-18/h3-4,7-8,15H,5-6,9-12,14H2,1-2H3. The van der Waals surface area contributed by atoms with Crippen LogP contribution in [0.15, 0.2) is 24.3 Å². The fourth-order valence-electron chi connectivity index (χ4n) is 2.89. The fourth-order valence-corrected chi connectivity index (χ4v) is 2.89. The molecule has 1 atom stereocenters. The summed E-state index contributed by atoms with van der Waals surface area (Å²) in [5.74, 6) is 0.698. The summed E-state index contributed by atoms with van der Waals surface area (Å²) in [4.78, 5) is 4.95. The van der Waals surface area contributed by atoms with Gasteiger partial charge >= 0.3 is 0 Å². The predicted molar refractivity (Wildman–Crippen MR) is 84.4 cm³/mol. The maximum atomic E-state index is 9.03. The molecule has 0 N–H and O–H groups in total. The van der Waals surface area contributed by atoms with Gasteiger partial charge in [-0.3, -0.25) is 4.90 Å². The van der Waals surface area contributed by atoms with Gasteiger partial charge in [0.1, 0.15) is 11.8 Å². The third kappa shape index (κ3) is 4.73. The molecule has 0 amide bonds. The van der Waals surface area contributed by atoms with Gasteiger partial charge in [-0.25, -0.2) is 0 Å². The largest absolute Gasteiger partial charge is 0.492 e. The van der Waals surface area contributed by atoms with Gasteiger partial charge in [-0.1, -0.05) is 12.1 Å². The summed E-state index contributed by atoms with van der Waals surface area (Å²) in [5.41, 5.74) is 0.613. The van der Waals surface area contributed by atoms with Crippen molar-refractivity contribution in [3.8, 4) is 11.8 Å². The molecular weight excluding hydrogens is 262 g/mol. The first-order valence-electron chi connectivity index (χ1n) is 7.75. The lowest BCUT2D eigenvalue weighted by Crippen LogP contribution is -2.38. The second-order valence-electron chi connectivity index (χ2n) is 5.81. The summed E-state index contributed by atoms with van der Waals surface area (Å²) in [7, 11) is 2.20. The minimum atomic E-state index is 0.601. The van der Waals surface area contributed by atoms with Crippen LogP contribution < -0.4 is 4.74 Å². The zero-order valence-electron chi connectivity index (χ0n) is 13.1. The third-order valence-corrected chi connectivity index (χ3v) is 4.04. The van der Waals surface area contributed by atoms with Crippen molar-refractivity contribution in [2.75, 3.05) is 39.8 Å². The number of hydrogen-bond acceptors (Lipinski definition) is 4. The number of hydrogen-bond donors (Lipinski definition) is 0. The Morgan fingerprint density at radius 2 is 2.14 bits per heavy atom. The first kappa shape index (κ1) is 15.8.